The monoisotopic (exact) mass is 538 g/mol. The van der Waals surface area contributed by atoms with Crippen molar-refractivity contribution in [1.29, 1.82) is 0 Å². The Morgan fingerprint density at radius 3 is 2.12 bits per heavy atom. The molecule has 0 heterocycles. The van der Waals surface area contributed by atoms with E-state index < -0.39 is 11.9 Å². The van der Waals surface area contributed by atoms with Crippen LogP contribution in [-0.4, -0.2) is 22.2 Å². The Kier molecular flexibility index (Phi) is 6.41. The lowest BCUT2D eigenvalue weighted by Crippen LogP contribution is -2.05. The van der Waals surface area contributed by atoms with E-state index in [2.05, 4.69) is 22.6 Å². The van der Waals surface area contributed by atoms with E-state index >= 15 is 0 Å². The molecule has 0 fully saturated rings. The molecule has 0 unspecified atom stereocenters. The molecular formula is C26H19IO5. The Labute approximate surface area is 198 Å². The first-order valence-corrected chi connectivity index (χ1v) is 11.0. The Hall–Kier alpha value is -3.39. The van der Waals surface area contributed by atoms with Crippen LogP contribution in [0.2, 0.25) is 0 Å². The molecule has 0 aliphatic heterocycles. The fourth-order valence-corrected chi connectivity index (χ4v) is 3.78. The molecule has 6 heteroatoms. The summed E-state index contributed by atoms with van der Waals surface area (Å²) in [6.07, 6.45) is 0.434. The number of esters is 1. The standard InChI is InChI=1S/C26H19IO5/c27-22-11-3-17(4-12-22)15-32-26(31)21-10-8-18-7-9-20(24(28)23(18)14-21)13-16-1-5-19(6-2-16)25(29)30/h1-12,14,28H,13,15H2,(H,29,30). The van der Waals surface area contributed by atoms with Crippen molar-refractivity contribution in [1.82, 2.24) is 0 Å². The van der Waals surface area contributed by atoms with E-state index in [1.165, 1.54) is 12.1 Å². The zero-order valence-corrected chi connectivity index (χ0v) is 19.1. The number of phenols is 1. The topological polar surface area (TPSA) is 83.8 Å². The second kappa shape index (κ2) is 9.40. The molecule has 0 saturated heterocycles. The summed E-state index contributed by atoms with van der Waals surface area (Å²) in [6.45, 7) is 0.173. The molecule has 0 aromatic heterocycles. The summed E-state index contributed by atoms with van der Waals surface area (Å²) < 4.78 is 6.54. The number of hydrogen-bond acceptors (Lipinski definition) is 4. The van der Waals surface area contributed by atoms with Gasteiger partial charge in [0.15, 0.2) is 0 Å². The predicted octanol–water partition coefficient (Wildman–Crippen LogP) is 5.80. The van der Waals surface area contributed by atoms with Crippen LogP contribution in [0.4, 0.5) is 0 Å². The van der Waals surface area contributed by atoms with Crippen molar-refractivity contribution < 1.29 is 24.5 Å². The Morgan fingerprint density at radius 2 is 1.44 bits per heavy atom. The molecule has 4 aromatic rings. The zero-order valence-electron chi connectivity index (χ0n) is 16.9. The summed E-state index contributed by atoms with van der Waals surface area (Å²) in [5, 5.41) is 21.3. The summed E-state index contributed by atoms with van der Waals surface area (Å²) in [6, 6.07) is 23.1. The van der Waals surface area contributed by atoms with Gasteiger partial charge in [0, 0.05) is 15.4 Å². The van der Waals surface area contributed by atoms with Crippen LogP contribution in [0.5, 0.6) is 5.75 Å². The van der Waals surface area contributed by atoms with Gasteiger partial charge in [-0.3, -0.25) is 0 Å². The smallest absolute Gasteiger partial charge is 0.338 e. The molecular weight excluding hydrogens is 519 g/mol. The van der Waals surface area contributed by atoms with Gasteiger partial charge in [0.05, 0.1) is 11.1 Å². The molecule has 0 amide bonds. The first-order valence-electron chi connectivity index (χ1n) is 9.89. The number of hydrogen-bond donors (Lipinski definition) is 2. The molecule has 32 heavy (non-hydrogen) atoms. The number of carbonyl (C=O) groups excluding carboxylic acids is 1. The van der Waals surface area contributed by atoms with E-state index in [1.807, 2.05) is 36.4 Å². The molecule has 0 spiro atoms. The summed E-state index contributed by atoms with van der Waals surface area (Å²) in [7, 11) is 0. The van der Waals surface area contributed by atoms with Crippen molar-refractivity contribution in [3.63, 3.8) is 0 Å². The third-order valence-electron chi connectivity index (χ3n) is 5.19. The number of ether oxygens (including phenoxy) is 1. The highest BCUT2D eigenvalue weighted by atomic mass is 127. The maximum Gasteiger partial charge on any atom is 0.338 e. The minimum Gasteiger partial charge on any atom is -0.507 e. The maximum atomic E-state index is 12.5. The van der Waals surface area contributed by atoms with Gasteiger partial charge in [0.2, 0.25) is 0 Å². The normalized spacial score (nSPS) is 10.8. The van der Waals surface area contributed by atoms with Crippen LogP contribution in [0.1, 0.15) is 37.4 Å². The molecule has 0 bridgehead atoms. The van der Waals surface area contributed by atoms with Crippen molar-refractivity contribution in [2.75, 3.05) is 0 Å². The van der Waals surface area contributed by atoms with Crippen molar-refractivity contribution in [3.8, 4) is 5.75 Å². The molecule has 160 valence electrons. The molecule has 0 saturated carbocycles. The van der Waals surface area contributed by atoms with Crippen LogP contribution in [0.3, 0.4) is 0 Å². The fourth-order valence-electron chi connectivity index (χ4n) is 3.42. The lowest BCUT2D eigenvalue weighted by atomic mass is 9.98. The first-order chi connectivity index (χ1) is 15.4. The van der Waals surface area contributed by atoms with Crippen molar-refractivity contribution in [2.24, 2.45) is 0 Å². The van der Waals surface area contributed by atoms with E-state index in [-0.39, 0.29) is 17.9 Å². The summed E-state index contributed by atoms with van der Waals surface area (Å²) >= 11 is 2.22. The molecule has 2 N–H and O–H groups in total. The highest BCUT2D eigenvalue weighted by Gasteiger charge is 2.13. The number of phenolic OH excluding ortho intramolecular Hbond substituents is 1. The fraction of sp³-hybridized carbons (Fsp3) is 0.0769. The van der Waals surface area contributed by atoms with Crippen molar-refractivity contribution >= 4 is 45.3 Å². The average Bonchev–Trinajstić information content (AvgIpc) is 2.80. The average molecular weight is 538 g/mol. The highest BCUT2D eigenvalue weighted by Crippen LogP contribution is 2.31. The second-order valence-electron chi connectivity index (χ2n) is 7.39. The number of fused-ring (bicyclic) bond motifs is 1. The number of aromatic hydroxyl groups is 1. The van der Waals surface area contributed by atoms with E-state index in [9.17, 15) is 14.7 Å². The third-order valence-corrected chi connectivity index (χ3v) is 5.91. The number of rotatable bonds is 6. The van der Waals surface area contributed by atoms with E-state index in [1.54, 1.807) is 30.3 Å². The van der Waals surface area contributed by atoms with Crippen molar-refractivity contribution in [3.05, 3.63) is 110 Å². The van der Waals surface area contributed by atoms with E-state index in [4.69, 9.17) is 9.84 Å². The largest absolute Gasteiger partial charge is 0.507 e. The van der Waals surface area contributed by atoms with Crippen LogP contribution in [0.25, 0.3) is 10.8 Å². The van der Waals surface area contributed by atoms with Gasteiger partial charge >= 0.3 is 11.9 Å². The summed E-state index contributed by atoms with van der Waals surface area (Å²) in [4.78, 5) is 23.6. The van der Waals surface area contributed by atoms with Gasteiger partial charge in [-0.15, -0.1) is 0 Å². The van der Waals surface area contributed by atoms with Crippen molar-refractivity contribution in [2.45, 2.75) is 13.0 Å². The third kappa shape index (κ3) is 4.91. The molecule has 0 aliphatic carbocycles. The van der Waals surface area contributed by atoms with Gasteiger partial charge in [0.25, 0.3) is 0 Å². The molecule has 5 nitrogen and oxygen atoms in total. The summed E-state index contributed by atoms with van der Waals surface area (Å²) in [5.41, 5.74) is 3.03. The number of aromatic carboxylic acids is 1. The number of benzene rings is 4. The van der Waals surface area contributed by atoms with Gasteiger partial charge < -0.3 is 14.9 Å². The minimum atomic E-state index is -0.980. The van der Waals surface area contributed by atoms with E-state index in [0.717, 1.165) is 20.1 Å². The van der Waals surface area contributed by atoms with Gasteiger partial charge in [-0.1, -0.05) is 42.5 Å². The van der Waals surface area contributed by atoms with E-state index in [0.29, 0.717) is 22.9 Å². The molecule has 0 radical (unpaired) electrons. The SMILES string of the molecule is O=C(O)c1ccc(Cc2ccc3ccc(C(=O)OCc4ccc(I)cc4)cc3c2O)cc1. The van der Waals surface area contributed by atoms with Gasteiger partial charge in [-0.2, -0.15) is 0 Å². The lowest BCUT2D eigenvalue weighted by Gasteiger charge is -2.10. The highest BCUT2D eigenvalue weighted by molar-refractivity contribution is 14.1. The number of carboxylic acid groups (broad SMARTS) is 1. The van der Waals surface area contributed by atoms with Crippen LogP contribution >= 0.6 is 22.6 Å². The number of halogens is 1. The first kappa shape index (κ1) is 21.8. The summed E-state index contributed by atoms with van der Waals surface area (Å²) in [5.74, 6) is -1.34. The second-order valence-corrected chi connectivity index (χ2v) is 8.64. The lowest BCUT2D eigenvalue weighted by molar-refractivity contribution is 0.0472. The number of carboxylic acids is 1. The quantitative estimate of drug-likeness (QED) is 0.240. The molecule has 4 rings (SSSR count). The predicted molar refractivity (Wildman–Crippen MR) is 130 cm³/mol. The minimum absolute atomic E-state index is 0.0945. The zero-order chi connectivity index (χ0) is 22.7. The van der Waals surface area contributed by atoms with Gasteiger partial charge in [-0.25, -0.2) is 9.59 Å². The maximum absolute atomic E-state index is 12.5. The Bertz CT molecular complexity index is 1290. The van der Waals surface area contributed by atoms with Crippen LogP contribution in [-0.2, 0) is 17.8 Å². The molecule has 0 atom stereocenters. The van der Waals surface area contributed by atoms with Gasteiger partial charge in [0.1, 0.15) is 12.4 Å². The van der Waals surface area contributed by atoms with Gasteiger partial charge in [-0.05, 0) is 81.1 Å². The van der Waals surface area contributed by atoms with Crippen LogP contribution in [0.15, 0.2) is 78.9 Å². The molecule has 0 aliphatic rings. The molecule has 4 aromatic carbocycles. The Balaban J connectivity index is 1.54. The Morgan fingerprint density at radius 1 is 0.812 bits per heavy atom. The van der Waals surface area contributed by atoms with Crippen LogP contribution in [0, 0.1) is 3.57 Å². The van der Waals surface area contributed by atoms with Crippen LogP contribution < -0.4 is 0 Å². The number of carbonyl (C=O) groups is 2.